The minimum atomic E-state index is 0.563. The lowest BCUT2D eigenvalue weighted by molar-refractivity contribution is 0.432. The Morgan fingerprint density at radius 2 is 1.63 bits per heavy atom. The van der Waals surface area contributed by atoms with Crippen LogP contribution in [0.2, 0.25) is 0 Å². The van der Waals surface area contributed by atoms with Gasteiger partial charge in [0.15, 0.2) is 0 Å². The van der Waals surface area contributed by atoms with Gasteiger partial charge in [-0.25, -0.2) is 0 Å². The smallest absolute Gasteiger partial charge is 0.258 e. The molecule has 1 aromatic carbocycles. The van der Waals surface area contributed by atoms with Gasteiger partial charge in [-0.3, -0.25) is 4.98 Å². The molecule has 0 spiro atoms. The second-order valence-electron chi connectivity index (χ2n) is 5.81. The first-order valence-corrected chi connectivity index (χ1v) is 9.95. The van der Waals surface area contributed by atoms with E-state index in [1.165, 1.54) is 18.4 Å². The predicted molar refractivity (Wildman–Crippen MR) is 111 cm³/mol. The van der Waals surface area contributed by atoms with Crippen LogP contribution in [0.15, 0.2) is 53.3 Å². The molecule has 0 bridgehead atoms. The second-order valence-corrected chi connectivity index (χ2v) is 5.81. The van der Waals surface area contributed by atoms with Crippen molar-refractivity contribution in [3.05, 3.63) is 54.4 Å². The van der Waals surface area contributed by atoms with Gasteiger partial charge in [0.25, 0.3) is 5.89 Å². The van der Waals surface area contributed by atoms with E-state index in [9.17, 15) is 0 Å². The van der Waals surface area contributed by atoms with Gasteiger partial charge in [0.1, 0.15) is 0 Å². The molecule has 0 unspecified atom stereocenters. The van der Waals surface area contributed by atoms with Crippen molar-refractivity contribution in [2.75, 3.05) is 13.1 Å². The minimum absolute atomic E-state index is 0.563. The third-order valence-electron chi connectivity index (χ3n) is 4.31. The number of benzene rings is 1. The molecule has 0 aliphatic carbocycles. The van der Waals surface area contributed by atoms with Crippen molar-refractivity contribution in [3.8, 4) is 22.8 Å². The summed E-state index contributed by atoms with van der Waals surface area (Å²) in [6.45, 7) is 10.2. The standard InChI is InChI=1S/C18H18N4O.2C2H6/c1-2-15(13-4-8-19-9-5-13)12-16(3-1)18-21-17(22-23-18)14-6-10-20-11-7-14;2*1-2/h1-3,6-7,10-13,19H,4-5,8-9H2;2*1-2H3. The van der Waals surface area contributed by atoms with E-state index in [0.717, 1.165) is 24.2 Å². The largest absolute Gasteiger partial charge is 0.334 e. The first-order chi connectivity index (χ1) is 13.4. The molecule has 1 aliphatic rings. The number of nitrogens with one attached hydrogen (secondary N) is 1. The number of pyridine rings is 1. The van der Waals surface area contributed by atoms with Crippen molar-refractivity contribution >= 4 is 0 Å². The van der Waals surface area contributed by atoms with Crippen molar-refractivity contribution in [2.24, 2.45) is 0 Å². The van der Waals surface area contributed by atoms with Crippen molar-refractivity contribution in [2.45, 2.75) is 46.5 Å². The van der Waals surface area contributed by atoms with Crippen LogP contribution in [0.4, 0.5) is 0 Å². The fraction of sp³-hybridized carbons (Fsp3) is 0.409. The molecule has 3 aromatic rings. The summed E-state index contributed by atoms with van der Waals surface area (Å²) in [5, 5.41) is 7.49. The zero-order valence-electron chi connectivity index (χ0n) is 16.8. The summed E-state index contributed by atoms with van der Waals surface area (Å²) in [7, 11) is 0. The van der Waals surface area contributed by atoms with Gasteiger partial charge in [-0.15, -0.1) is 0 Å². The Kier molecular flexibility index (Phi) is 8.65. The summed E-state index contributed by atoms with van der Waals surface area (Å²) in [6.07, 6.45) is 5.80. The summed E-state index contributed by atoms with van der Waals surface area (Å²) >= 11 is 0. The minimum Gasteiger partial charge on any atom is -0.334 e. The van der Waals surface area contributed by atoms with Gasteiger partial charge in [-0.05, 0) is 61.7 Å². The van der Waals surface area contributed by atoms with Crippen LogP contribution in [-0.4, -0.2) is 28.2 Å². The average Bonchev–Trinajstić information content (AvgIpc) is 3.28. The van der Waals surface area contributed by atoms with E-state index in [4.69, 9.17) is 4.52 Å². The van der Waals surface area contributed by atoms with Crippen LogP contribution < -0.4 is 5.32 Å². The third kappa shape index (κ3) is 5.47. The van der Waals surface area contributed by atoms with E-state index in [0.29, 0.717) is 17.6 Å². The zero-order valence-corrected chi connectivity index (χ0v) is 16.8. The Balaban J connectivity index is 0.000000614. The highest BCUT2D eigenvalue weighted by atomic mass is 16.5. The molecule has 1 saturated heterocycles. The molecule has 4 rings (SSSR count). The fourth-order valence-electron chi connectivity index (χ4n) is 3.04. The molecule has 3 heterocycles. The number of aromatic nitrogens is 3. The molecule has 5 nitrogen and oxygen atoms in total. The topological polar surface area (TPSA) is 63.8 Å². The lowest BCUT2D eigenvalue weighted by Crippen LogP contribution is -2.26. The van der Waals surface area contributed by atoms with Gasteiger partial charge < -0.3 is 9.84 Å². The third-order valence-corrected chi connectivity index (χ3v) is 4.31. The van der Waals surface area contributed by atoms with Gasteiger partial charge >= 0.3 is 0 Å². The Labute approximate surface area is 162 Å². The Morgan fingerprint density at radius 1 is 0.926 bits per heavy atom. The van der Waals surface area contributed by atoms with Crippen LogP contribution in [-0.2, 0) is 0 Å². The van der Waals surface area contributed by atoms with Crippen molar-refractivity contribution in [1.29, 1.82) is 0 Å². The number of nitrogens with zero attached hydrogens (tertiary/aromatic N) is 3. The summed E-state index contributed by atoms with van der Waals surface area (Å²) in [4.78, 5) is 8.53. The van der Waals surface area contributed by atoms with Crippen LogP contribution in [0.25, 0.3) is 22.8 Å². The number of hydrogen-bond acceptors (Lipinski definition) is 5. The van der Waals surface area contributed by atoms with E-state index in [2.05, 4.69) is 38.6 Å². The molecule has 0 radical (unpaired) electrons. The monoisotopic (exact) mass is 366 g/mol. The van der Waals surface area contributed by atoms with Crippen molar-refractivity contribution in [3.63, 3.8) is 0 Å². The number of piperidine rings is 1. The van der Waals surface area contributed by atoms with Crippen molar-refractivity contribution < 1.29 is 4.52 Å². The van der Waals surface area contributed by atoms with E-state index >= 15 is 0 Å². The number of hydrogen-bond donors (Lipinski definition) is 1. The maximum Gasteiger partial charge on any atom is 0.258 e. The molecule has 1 aliphatic heterocycles. The van der Waals surface area contributed by atoms with Crippen LogP contribution in [0.3, 0.4) is 0 Å². The molecule has 0 amide bonds. The molecule has 144 valence electrons. The van der Waals surface area contributed by atoms with Gasteiger partial charge in [0.2, 0.25) is 5.82 Å². The Bertz CT molecular complexity index is 780. The maximum absolute atomic E-state index is 5.45. The first-order valence-electron chi connectivity index (χ1n) is 9.95. The summed E-state index contributed by atoms with van der Waals surface area (Å²) in [6, 6.07) is 12.2. The van der Waals surface area contributed by atoms with Gasteiger partial charge in [0, 0.05) is 23.5 Å². The van der Waals surface area contributed by atoms with Crippen LogP contribution in [0.5, 0.6) is 0 Å². The summed E-state index contributed by atoms with van der Waals surface area (Å²) < 4.78 is 5.45. The normalized spacial score (nSPS) is 13.8. The fourth-order valence-corrected chi connectivity index (χ4v) is 3.04. The Hall–Kier alpha value is -2.53. The molecule has 1 N–H and O–H groups in total. The van der Waals surface area contributed by atoms with Crippen LogP contribution in [0.1, 0.15) is 52.0 Å². The van der Waals surface area contributed by atoms with Gasteiger partial charge in [0.05, 0.1) is 0 Å². The molecule has 5 heteroatoms. The summed E-state index contributed by atoms with van der Waals surface area (Å²) in [5.41, 5.74) is 3.24. The molecular weight excluding hydrogens is 336 g/mol. The SMILES string of the molecule is CC.CC.c1cc(-c2nc(-c3ccncc3)no2)cc(C2CCNCC2)c1. The first kappa shape index (κ1) is 20.8. The molecule has 1 fully saturated rings. The predicted octanol–water partition coefficient (Wildman–Crippen LogP) is 5.32. The van der Waals surface area contributed by atoms with E-state index in [-0.39, 0.29) is 0 Å². The molecule has 0 atom stereocenters. The summed E-state index contributed by atoms with van der Waals surface area (Å²) in [5.74, 6) is 1.76. The molecule has 27 heavy (non-hydrogen) atoms. The van der Waals surface area contributed by atoms with Gasteiger partial charge in [-0.1, -0.05) is 45.0 Å². The highest BCUT2D eigenvalue weighted by Gasteiger charge is 2.17. The zero-order chi connectivity index (χ0) is 19.5. The highest BCUT2D eigenvalue weighted by molar-refractivity contribution is 5.60. The molecule has 0 saturated carbocycles. The Morgan fingerprint density at radius 3 is 2.33 bits per heavy atom. The van der Waals surface area contributed by atoms with Gasteiger partial charge in [-0.2, -0.15) is 4.98 Å². The average molecular weight is 367 g/mol. The van der Waals surface area contributed by atoms with E-state index in [1.54, 1.807) is 12.4 Å². The lowest BCUT2D eigenvalue weighted by Gasteiger charge is -2.23. The molecule has 2 aromatic heterocycles. The van der Waals surface area contributed by atoms with E-state index < -0.39 is 0 Å². The van der Waals surface area contributed by atoms with E-state index in [1.807, 2.05) is 45.9 Å². The van der Waals surface area contributed by atoms with Crippen LogP contribution >= 0.6 is 0 Å². The lowest BCUT2D eigenvalue weighted by atomic mass is 9.89. The second kappa shape index (κ2) is 11.2. The number of rotatable bonds is 3. The maximum atomic E-state index is 5.45. The molecular formula is C22H30N4O. The van der Waals surface area contributed by atoms with Crippen molar-refractivity contribution in [1.82, 2.24) is 20.4 Å². The highest BCUT2D eigenvalue weighted by Crippen LogP contribution is 2.29. The quantitative estimate of drug-likeness (QED) is 0.680. The van der Waals surface area contributed by atoms with Crippen LogP contribution in [0, 0.1) is 0 Å².